The molecule has 0 aliphatic carbocycles. The Morgan fingerprint density at radius 3 is 1.18 bits per heavy atom. The van der Waals surface area contributed by atoms with Crippen molar-refractivity contribution in [1.82, 2.24) is 0 Å². The third-order valence-electron chi connectivity index (χ3n) is 7.79. The number of nitrogens with zero attached hydrogens (tertiary/aromatic N) is 1. The first kappa shape index (κ1) is 31.3. The van der Waals surface area contributed by atoms with Crippen molar-refractivity contribution in [2.75, 3.05) is 4.90 Å². The molecule has 0 atom stereocenters. The molecule has 5 aromatic rings. The van der Waals surface area contributed by atoms with Gasteiger partial charge in [0.1, 0.15) is 0 Å². The minimum absolute atomic E-state index is 1.14. The molecule has 224 valence electrons. The van der Waals surface area contributed by atoms with Crippen LogP contribution in [-0.4, -0.2) is 0 Å². The maximum absolute atomic E-state index is 2.34. The predicted molar refractivity (Wildman–Crippen MR) is 198 cm³/mol. The second kappa shape index (κ2) is 17.2. The lowest BCUT2D eigenvalue weighted by atomic mass is 10.0. The highest BCUT2D eigenvalue weighted by molar-refractivity contribution is 5.78. The molecular formula is C44H43N. The van der Waals surface area contributed by atoms with Crippen molar-refractivity contribution in [1.29, 1.82) is 0 Å². The predicted octanol–water partition coefficient (Wildman–Crippen LogP) is 12.7. The molecule has 0 saturated heterocycles. The Morgan fingerprint density at radius 1 is 0.400 bits per heavy atom. The maximum atomic E-state index is 2.34. The molecule has 0 saturated carbocycles. The van der Waals surface area contributed by atoms with Crippen LogP contribution < -0.4 is 4.90 Å². The molecular weight excluding hydrogens is 542 g/mol. The topological polar surface area (TPSA) is 3.24 Å². The molecule has 1 nitrogen and oxygen atoms in total. The van der Waals surface area contributed by atoms with E-state index in [0.717, 1.165) is 23.5 Å². The van der Waals surface area contributed by atoms with Crippen LogP contribution in [0.5, 0.6) is 0 Å². The normalized spacial score (nSPS) is 11.8. The molecule has 0 radical (unpaired) electrons. The minimum Gasteiger partial charge on any atom is -0.311 e. The van der Waals surface area contributed by atoms with Crippen molar-refractivity contribution in [3.8, 4) is 0 Å². The fraction of sp³-hybridized carbons (Fsp3) is 0.136. The Hall–Kier alpha value is -5.14. The molecule has 1 heteroatoms. The Balaban J connectivity index is 1.33. The van der Waals surface area contributed by atoms with Crippen LogP contribution >= 0.6 is 0 Å². The summed E-state index contributed by atoms with van der Waals surface area (Å²) in [6.45, 7) is 2.27. The Bertz CT molecular complexity index is 1570. The van der Waals surface area contributed by atoms with Gasteiger partial charge < -0.3 is 4.90 Å². The zero-order valence-corrected chi connectivity index (χ0v) is 26.3. The molecule has 0 amide bonds. The molecule has 0 spiro atoms. The summed E-state index contributed by atoms with van der Waals surface area (Å²) in [5.74, 6) is 0. The molecule has 0 aliphatic rings. The van der Waals surface area contributed by atoms with Gasteiger partial charge in [0.15, 0.2) is 0 Å². The first-order valence-electron chi connectivity index (χ1n) is 16.2. The summed E-state index contributed by atoms with van der Waals surface area (Å²) < 4.78 is 0. The molecule has 0 unspecified atom stereocenters. The summed E-state index contributed by atoms with van der Waals surface area (Å²) in [6.07, 6.45) is 23.2. The number of allylic oxidation sites excluding steroid dienone is 4. The second-order valence-electron chi connectivity index (χ2n) is 11.3. The smallest absolute Gasteiger partial charge is 0.0462 e. The number of hydrogen-bond acceptors (Lipinski definition) is 1. The van der Waals surface area contributed by atoms with Crippen LogP contribution in [-0.2, 0) is 6.42 Å². The highest BCUT2D eigenvalue weighted by atomic mass is 15.1. The van der Waals surface area contributed by atoms with E-state index in [0.29, 0.717) is 0 Å². The summed E-state index contributed by atoms with van der Waals surface area (Å²) in [4.78, 5) is 2.34. The van der Waals surface area contributed by atoms with E-state index in [-0.39, 0.29) is 0 Å². The quantitative estimate of drug-likeness (QED) is 0.0925. The van der Waals surface area contributed by atoms with Gasteiger partial charge in [-0.25, -0.2) is 0 Å². The molecule has 0 bridgehead atoms. The van der Waals surface area contributed by atoms with Gasteiger partial charge in [0.25, 0.3) is 0 Å². The third kappa shape index (κ3) is 9.95. The van der Waals surface area contributed by atoms with Crippen molar-refractivity contribution in [3.63, 3.8) is 0 Å². The lowest BCUT2D eigenvalue weighted by Crippen LogP contribution is -2.10. The first-order chi connectivity index (χ1) is 22.3. The fourth-order valence-electron chi connectivity index (χ4n) is 5.28. The second-order valence-corrected chi connectivity index (χ2v) is 11.3. The molecule has 45 heavy (non-hydrogen) atoms. The van der Waals surface area contributed by atoms with E-state index in [1.807, 2.05) is 12.1 Å². The zero-order chi connectivity index (χ0) is 30.9. The number of anilines is 3. The van der Waals surface area contributed by atoms with Crippen molar-refractivity contribution in [3.05, 3.63) is 186 Å². The van der Waals surface area contributed by atoms with Crippen LogP contribution in [0.25, 0.3) is 24.3 Å². The van der Waals surface area contributed by atoms with Crippen molar-refractivity contribution >= 4 is 41.4 Å². The maximum Gasteiger partial charge on any atom is 0.0462 e. The van der Waals surface area contributed by atoms with Crippen LogP contribution in [0.1, 0.15) is 60.4 Å². The van der Waals surface area contributed by atoms with Gasteiger partial charge in [0.05, 0.1) is 0 Å². The van der Waals surface area contributed by atoms with E-state index in [1.165, 1.54) is 53.5 Å². The SMILES string of the molecule is CCCCCCc1ccc(N(c2ccc(C=CC=Cc3ccccc3)cc2)c2ccc(C=CC=Cc3ccccc3)cc2)cc1. The number of aryl methyl sites for hydroxylation is 1. The summed E-state index contributed by atoms with van der Waals surface area (Å²) in [5.41, 5.74) is 9.58. The third-order valence-corrected chi connectivity index (χ3v) is 7.79. The number of hydrogen-bond donors (Lipinski definition) is 0. The van der Waals surface area contributed by atoms with Gasteiger partial charge >= 0.3 is 0 Å². The Morgan fingerprint density at radius 2 is 0.778 bits per heavy atom. The average molecular weight is 586 g/mol. The van der Waals surface area contributed by atoms with Gasteiger partial charge in [0.2, 0.25) is 0 Å². The Labute approximate surface area is 270 Å². The van der Waals surface area contributed by atoms with E-state index in [1.54, 1.807) is 0 Å². The van der Waals surface area contributed by atoms with E-state index < -0.39 is 0 Å². The molecule has 0 aliphatic heterocycles. The highest BCUT2D eigenvalue weighted by Gasteiger charge is 2.12. The van der Waals surface area contributed by atoms with Crippen molar-refractivity contribution < 1.29 is 0 Å². The van der Waals surface area contributed by atoms with Gasteiger partial charge in [-0.3, -0.25) is 0 Å². The molecule has 0 aromatic heterocycles. The lowest BCUT2D eigenvalue weighted by Gasteiger charge is -2.26. The largest absolute Gasteiger partial charge is 0.311 e. The van der Waals surface area contributed by atoms with Crippen LogP contribution in [0.4, 0.5) is 17.1 Å². The van der Waals surface area contributed by atoms with E-state index in [4.69, 9.17) is 0 Å². The lowest BCUT2D eigenvalue weighted by molar-refractivity contribution is 0.667. The molecule has 0 fully saturated rings. The highest BCUT2D eigenvalue weighted by Crippen LogP contribution is 2.35. The zero-order valence-electron chi connectivity index (χ0n) is 26.3. The van der Waals surface area contributed by atoms with Crippen LogP contribution in [0, 0.1) is 0 Å². The van der Waals surface area contributed by atoms with Crippen LogP contribution in [0.15, 0.2) is 158 Å². The monoisotopic (exact) mass is 585 g/mol. The molecule has 0 N–H and O–H groups in total. The van der Waals surface area contributed by atoms with Crippen molar-refractivity contribution in [2.45, 2.75) is 39.0 Å². The van der Waals surface area contributed by atoms with Gasteiger partial charge in [0, 0.05) is 17.1 Å². The number of benzene rings is 5. The Kier molecular flexibility index (Phi) is 12.0. The minimum atomic E-state index is 1.14. The standard InChI is InChI=1S/C44H43N/c1-2-3-4-7-20-39-25-31-42(32-26-39)45(43-33-27-40(28-34-43)23-14-12-21-37-16-8-5-9-17-37)44-35-29-41(30-36-44)24-15-13-22-38-18-10-6-11-19-38/h5-6,8-19,21-36H,2-4,7,20H2,1H3. The van der Waals surface area contributed by atoms with Gasteiger partial charge in [-0.1, -0.05) is 172 Å². The average Bonchev–Trinajstić information content (AvgIpc) is 3.10. The molecule has 5 aromatic carbocycles. The fourth-order valence-corrected chi connectivity index (χ4v) is 5.28. The van der Waals surface area contributed by atoms with Gasteiger partial charge in [-0.2, -0.15) is 0 Å². The molecule has 0 heterocycles. The van der Waals surface area contributed by atoms with Gasteiger partial charge in [-0.15, -0.1) is 0 Å². The summed E-state index contributed by atoms with van der Waals surface area (Å²) >= 11 is 0. The van der Waals surface area contributed by atoms with Crippen LogP contribution in [0.2, 0.25) is 0 Å². The summed E-state index contributed by atoms with van der Waals surface area (Å²) in [5, 5.41) is 0. The van der Waals surface area contributed by atoms with E-state index in [2.05, 4.69) is 182 Å². The van der Waals surface area contributed by atoms with E-state index >= 15 is 0 Å². The number of unbranched alkanes of at least 4 members (excludes halogenated alkanes) is 3. The molecule has 5 rings (SSSR count). The van der Waals surface area contributed by atoms with Gasteiger partial charge in [-0.05, 0) is 77.1 Å². The summed E-state index contributed by atoms with van der Waals surface area (Å²) in [6, 6.07) is 47.5. The van der Waals surface area contributed by atoms with Crippen LogP contribution in [0.3, 0.4) is 0 Å². The van der Waals surface area contributed by atoms with E-state index in [9.17, 15) is 0 Å². The first-order valence-corrected chi connectivity index (χ1v) is 16.2. The van der Waals surface area contributed by atoms with Crippen molar-refractivity contribution in [2.24, 2.45) is 0 Å². The summed E-state index contributed by atoms with van der Waals surface area (Å²) in [7, 11) is 0. The number of rotatable bonds is 14.